The number of benzene rings is 1. The van der Waals surface area contributed by atoms with Crippen molar-refractivity contribution in [2.24, 2.45) is 0 Å². The number of hydrogen-bond donors (Lipinski definition) is 3. The molecule has 2 aromatic rings. The molecule has 3 N–H and O–H groups in total. The summed E-state index contributed by atoms with van der Waals surface area (Å²) in [5.74, 6) is 0.251. The second-order valence-corrected chi connectivity index (χ2v) is 4.73. The number of para-hydroxylation sites is 1. The monoisotopic (exact) mass is 231 g/mol. The number of aromatic hydroxyl groups is 1. The number of fused-ring (bicyclic) bond motifs is 1. The number of rotatable bonds is 2. The number of phenolic OH excluding ortho intramolecular Hbond substituents is 1. The van der Waals surface area contributed by atoms with Crippen molar-refractivity contribution in [1.82, 2.24) is 15.5 Å². The number of nitrogens with zero attached hydrogens (tertiary/aromatic N) is 1. The standard InChI is InChI=1S/C13H17N3O/c17-12-6-3-5-10-11(15-16-13(10)12)8-9-4-1-2-7-14-9/h3,5-6,9,14,17H,1-2,4,7-8H2,(H,15,16). The van der Waals surface area contributed by atoms with E-state index < -0.39 is 0 Å². The molecule has 17 heavy (non-hydrogen) atoms. The summed E-state index contributed by atoms with van der Waals surface area (Å²) in [5, 5.41) is 21.5. The molecular formula is C13H17N3O. The molecular weight excluding hydrogens is 214 g/mol. The van der Waals surface area contributed by atoms with Crippen molar-refractivity contribution in [3.63, 3.8) is 0 Å². The first-order valence-electron chi connectivity index (χ1n) is 6.23. The Kier molecular flexibility index (Phi) is 2.73. The third-order valence-corrected chi connectivity index (χ3v) is 3.51. The van der Waals surface area contributed by atoms with Crippen molar-refractivity contribution in [3.05, 3.63) is 23.9 Å². The van der Waals surface area contributed by atoms with E-state index in [4.69, 9.17) is 0 Å². The van der Waals surface area contributed by atoms with Gasteiger partial charge in [-0.25, -0.2) is 0 Å². The first kappa shape index (κ1) is 10.6. The fourth-order valence-corrected chi connectivity index (χ4v) is 2.58. The summed E-state index contributed by atoms with van der Waals surface area (Å²) in [6.07, 6.45) is 4.76. The number of hydrogen-bond acceptors (Lipinski definition) is 3. The molecule has 1 unspecified atom stereocenters. The highest BCUT2D eigenvalue weighted by Crippen LogP contribution is 2.25. The summed E-state index contributed by atoms with van der Waals surface area (Å²) in [6.45, 7) is 1.11. The van der Waals surface area contributed by atoms with Crippen molar-refractivity contribution in [2.75, 3.05) is 6.54 Å². The first-order chi connectivity index (χ1) is 8.34. The second kappa shape index (κ2) is 4.37. The topological polar surface area (TPSA) is 60.9 Å². The van der Waals surface area contributed by atoms with E-state index in [1.165, 1.54) is 19.3 Å². The number of aromatic amines is 1. The van der Waals surface area contributed by atoms with Gasteiger partial charge in [0.05, 0.1) is 0 Å². The van der Waals surface area contributed by atoms with Gasteiger partial charge in [0, 0.05) is 23.5 Å². The Bertz CT molecular complexity index is 514. The van der Waals surface area contributed by atoms with Crippen LogP contribution in [0.2, 0.25) is 0 Å². The minimum Gasteiger partial charge on any atom is -0.506 e. The number of H-pyrrole nitrogens is 1. The average molecular weight is 231 g/mol. The molecule has 1 saturated heterocycles. The van der Waals surface area contributed by atoms with Crippen LogP contribution in [0.15, 0.2) is 18.2 Å². The van der Waals surface area contributed by atoms with E-state index in [0.717, 1.165) is 24.0 Å². The highest BCUT2D eigenvalue weighted by atomic mass is 16.3. The van der Waals surface area contributed by atoms with Crippen molar-refractivity contribution >= 4 is 10.9 Å². The lowest BCUT2D eigenvalue weighted by atomic mass is 9.99. The van der Waals surface area contributed by atoms with E-state index in [9.17, 15) is 5.11 Å². The second-order valence-electron chi connectivity index (χ2n) is 4.73. The Morgan fingerprint density at radius 2 is 2.29 bits per heavy atom. The molecule has 1 aliphatic heterocycles. The van der Waals surface area contributed by atoms with Gasteiger partial charge in [-0.1, -0.05) is 18.6 Å². The molecule has 1 aliphatic rings. The Morgan fingerprint density at radius 1 is 1.35 bits per heavy atom. The van der Waals surface area contributed by atoms with Crippen LogP contribution >= 0.6 is 0 Å². The zero-order valence-corrected chi connectivity index (χ0v) is 9.74. The van der Waals surface area contributed by atoms with E-state index >= 15 is 0 Å². The zero-order valence-electron chi connectivity index (χ0n) is 9.74. The molecule has 0 bridgehead atoms. The fraction of sp³-hybridized carbons (Fsp3) is 0.462. The van der Waals surface area contributed by atoms with Gasteiger partial charge in [0.2, 0.25) is 0 Å². The first-order valence-corrected chi connectivity index (χ1v) is 6.23. The maximum absolute atomic E-state index is 9.69. The van der Waals surface area contributed by atoms with Gasteiger partial charge in [-0.15, -0.1) is 0 Å². The molecule has 1 atom stereocenters. The van der Waals surface area contributed by atoms with Crippen LogP contribution in [0.3, 0.4) is 0 Å². The Morgan fingerprint density at radius 3 is 3.12 bits per heavy atom. The summed E-state index contributed by atoms with van der Waals surface area (Å²) in [7, 11) is 0. The molecule has 1 fully saturated rings. The van der Waals surface area contributed by atoms with Gasteiger partial charge in [-0.3, -0.25) is 5.10 Å². The maximum atomic E-state index is 9.69. The molecule has 0 amide bonds. The fourth-order valence-electron chi connectivity index (χ4n) is 2.58. The highest BCUT2D eigenvalue weighted by molar-refractivity contribution is 5.86. The normalized spacial score (nSPS) is 20.8. The zero-order chi connectivity index (χ0) is 11.7. The smallest absolute Gasteiger partial charge is 0.143 e. The summed E-state index contributed by atoms with van der Waals surface area (Å²) in [6, 6.07) is 6.09. The molecule has 3 rings (SSSR count). The Balaban J connectivity index is 1.87. The molecule has 0 spiro atoms. The lowest BCUT2D eigenvalue weighted by Crippen LogP contribution is -2.35. The number of phenols is 1. The Hall–Kier alpha value is -1.55. The quantitative estimate of drug-likeness (QED) is 0.740. The van der Waals surface area contributed by atoms with Crippen LogP contribution in [0.5, 0.6) is 5.75 Å². The van der Waals surface area contributed by atoms with Gasteiger partial charge >= 0.3 is 0 Å². The minimum atomic E-state index is 0.251. The van der Waals surface area contributed by atoms with Crippen LogP contribution in [0.25, 0.3) is 10.9 Å². The predicted octanol–water partition coefficient (Wildman–Crippen LogP) is 1.95. The molecule has 0 aliphatic carbocycles. The van der Waals surface area contributed by atoms with Gasteiger partial charge in [-0.2, -0.15) is 5.10 Å². The van der Waals surface area contributed by atoms with Gasteiger partial charge in [0.1, 0.15) is 11.3 Å². The van der Waals surface area contributed by atoms with E-state index in [1.807, 2.05) is 12.1 Å². The molecule has 0 radical (unpaired) electrons. The van der Waals surface area contributed by atoms with E-state index in [0.29, 0.717) is 11.6 Å². The van der Waals surface area contributed by atoms with Gasteiger partial charge in [0.25, 0.3) is 0 Å². The molecule has 2 heterocycles. The van der Waals surface area contributed by atoms with Crippen molar-refractivity contribution < 1.29 is 5.11 Å². The van der Waals surface area contributed by atoms with Crippen LogP contribution in [0, 0.1) is 0 Å². The lowest BCUT2D eigenvalue weighted by Gasteiger charge is -2.22. The molecule has 4 heteroatoms. The summed E-state index contributed by atoms with van der Waals surface area (Å²) in [4.78, 5) is 0. The SMILES string of the molecule is Oc1cccc2c(CC3CCCCN3)[nH]nc12. The van der Waals surface area contributed by atoms with Crippen molar-refractivity contribution in [3.8, 4) is 5.75 Å². The van der Waals surface area contributed by atoms with Crippen LogP contribution < -0.4 is 5.32 Å². The summed E-state index contributed by atoms with van der Waals surface area (Å²) < 4.78 is 0. The van der Waals surface area contributed by atoms with Crippen LogP contribution in [-0.4, -0.2) is 27.9 Å². The van der Waals surface area contributed by atoms with Crippen LogP contribution in [-0.2, 0) is 6.42 Å². The number of piperidine rings is 1. The summed E-state index contributed by atoms with van der Waals surface area (Å²) >= 11 is 0. The lowest BCUT2D eigenvalue weighted by molar-refractivity contribution is 0.397. The van der Waals surface area contributed by atoms with E-state index in [1.54, 1.807) is 6.07 Å². The molecule has 90 valence electrons. The molecule has 0 saturated carbocycles. The van der Waals surface area contributed by atoms with Crippen LogP contribution in [0.4, 0.5) is 0 Å². The molecule has 1 aromatic heterocycles. The third-order valence-electron chi connectivity index (χ3n) is 3.51. The van der Waals surface area contributed by atoms with Gasteiger partial charge in [-0.05, 0) is 25.5 Å². The summed E-state index contributed by atoms with van der Waals surface area (Å²) in [5.41, 5.74) is 1.80. The molecule has 4 nitrogen and oxygen atoms in total. The molecule has 1 aromatic carbocycles. The van der Waals surface area contributed by atoms with Gasteiger partial charge in [0.15, 0.2) is 0 Å². The Labute approximate surface area is 100 Å². The number of nitrogens with one attached hydrogen (secondary N) is 2. The minimum absolute atomic E-state index is 0.251. The largest absolute Gasteiger partial charge is 0.506 e. The van der Waals surface area contributed by atoms with E-state index in [-0.39, 0.29) is 5.75 Å². The van der Waals surface area contributed by atoms with Crippen LogP contribution in [0.1, 0.15) is 25.0 Å². The van der Waals surface area contributed by atoms with Crippen molar-refractivity contribution in [2.45, 2.75) is 31.7 Å². The highest BCUT2D eigenvalue weighted by Gasteiger charge is 2.16. The average Bonchev–Trinajstić information content (AvgIpc) is 2.76. The van der Waals surface area contributed by atoms with Crippen molar-refractivity contribution in [1.29, 1.82) is 0 Å². The van der Waals surface area contributed by atoms with E-state index in [2.05, 4.69) is 15.5 Å². The third kappa shape index (κ3) is 2.00. The predicted molar refractivity (Wildman–Crippen MR) is 67.1 cm³/mol. The number of aromatic nitrogens is 2. The maximum Gasteiger partial charge on any atom is 0.143 e. The van der Waals surface area contributed by atoms with Gasteiger partial charge < -0.3 is 10.4 Å².